The highest BCUT2D eigenvalue weighted by atomic mass is 16.6. The zero-order valence-electron chi connectivity index (χ0n) is 17.4. The van der Waals surface area contributed by atoms with Gasteiger partial charge in [0.25, 0.3) is 0 Å². The predicted octanol–water partition coefficient (Wildman–Crippen LogP) is 2.19. The summed E-state index contributed by atoms with van der Waals surface area (Å²) in [6, 6.07) is 0. The molecule has 1 rings (SSSR count). The number of nitrogens with zero attached hydrogens (tertiary/aromatic N) is 2. The minimum absolute atomic E-state index is 0.367. The molecule has 1 saturated heterocycles. The first-order valence-electron chi connectivity index (χ1n) is 9.97. The highest BCUT2D eigenvalue weighted by Gasteiger charge is 2.17. The Morgan fingerprint density at radius 1 is 1.12 bits per heavy atom. The van der Waals surface area contributed by atoms with Crippen LogP contribution in [-0.2, 0) is 4.74 Å². The molecule has 7 nitrogen and oxygen atoms in total. The predicted molar refractivity (Wildman–Crippen MR) is 108 cm³/mol. The molecule has 0 bridgehead atoms. The lowest BCUT2D eigenvalue weighted by molar-refractivity contribution is 0.0527. The normalized spacial score (nSPS) is 17.0. The molecule has 0 saturated carbocycles. The van der Waals surface area contributed by atoms with Crippen LogP contribution in [0.25, 0.3) is 0 Å². The van der Waals surface area contributed by atoms with E-state index in [0.717, 1.165) is 31.4 Å². The Morgan fingerprint density at radius 3 is 2.31 bits per heavy atom. The van der Waals surface area contributed by atoms with Gasteiger partial charge in [-0.1, -0.05) is 6.92 Å². The van der Waals surface area contributed by atoms with Gasteiger partial charge in [-0.15, -0.1) is 0 Å². The number of amides is 1. The molecule has 0 aromatic carbocycles. The van der Waals surface area contributed by atoms with Gasteiger partial charge in [0.2, 0.25) is 0 Å². The van der Waals surface area contributed by atoms with Crippen LogP contribution in [0.15, 0.2) is 4.99 Å². The molecule has 3 N–H and O–H groups in total. The number of aliphatic imine (C=N–C) groups is 1. The number of guanidine groups is 1. The van der Waals surface area contributed by atoms with Crippen molar-refractivity contribution in [2.75, 3.05) is 46.3 Å². The van der Waals surface area contributed by atoms with Crippen molar-refractivity contribution in [3.8, 4) is 0 Å². The Bertz CT molecular complexity index is 426. The maximum atomic E-state index is 11.6. The van der Waals surface area contributed by atoms with Crippen molar-refractivity contribution in [3.63, 3.8) is 0 Å². The second kappa shape index (κ2) is 12.0. The molecule has 1 aliphatic heterocycles. The van der Waals surface area contributed by atoms with E-state index in [1.807, 2.05) is 20.8 Å². The van der Waals surface area contributed by atoms with Gasteiger partial charge >= 0.3 is 6.09 Å². The average molecular weight is 370 g/mol. The number of ether oxygens (including phenoxy) is 1. The Morgan fingerprint density at radius 2 is 1.73 bits per heavy atom. The maximum absolute atomic E-state index is 11.6. The van der Waals surface area contributed by atoms with Gasteiger partial charge in [0.05, 0.1) is 0 Å². The van der Waals surface area contributed by atoms with Gasteiger partial charge in [0, 0.05) is 26.7 Å². The molecule has 7 heteroatoms. The summed E-state index contributed by atoms with van der Waals surface area (Å²) < 4.78 is 5.20. The van der Waals surface area contributed by atoms with Crippen LogP contribution in [0.1, 0.15) is 53.4 Å². The van der Waals surface area contributed by atoms with Crippen LogP contribution >= 0.6 is 0 Å². The van der Waals surface area contributed by atoms with Crippen LogP contribution in [0.2, 0.25) is 0 Å². The molecule has 1 heterocycles. The fraction of sp³-hybridized carbons (Fsp3) is 0.895. The monoisotopic (exact) mass is 369 g/mol. The Kier molecular flexibility index (Phi) is 10.4. The van der Waals surface area contributed by atoms with E-state index < -0.39 is 5.60 Å². The van der Waals surface area contributed by atoms with E-state index >= 15 is 0 Å². The molecule has 1 amide bonds. The third-order valence-electron chi connectivity index (χ3n) is 4.54. The Balaban J connectivity index is 2.06. The van der Waals surface area contributed by atoms with Crippen LogP contribution in [0, 0.1) is 5.92 Å². The van der Waals surface area contributed by atoms with Gasteiger partial charge in [-0.2, -0.15) is 0 Å². The lowest BCUT2D eigenvalue weighted by atomic mass is 9.93. The van der Waals surface area contributed by atoms with Crippen molar-refractivity contribution in [1.82, 2.24) is 20.9 Å². The smallest absolute Gasteiger partial charge is 0.407 e. The van der Waals surface area contributed by atoms with Crippen LogP contribution < -0.4 is 16.0 Å². The average Bonchev–Trinajstić information content (AvgIpc) is 2.59. The molecule has 152 valence electrons. The number of hydrogen-bond acceptors (Lipinski definition) is 4. The third kappa shape index (κ3) is 10.5. The van der Waals surface area contributed by atoms with Crippen molar-refractivity contribution >= 4 is 12.1 Å². The molecule has 0 radical (unpaired) electrons. The lowest BCUT2D eigenvalue weighted by Crippen LogP contribution is -2.40. The van der Waals surface area contributed by atoms with Gasteiger partial charge in [0.1, 0.15) is 5.60 Å². The van der Waals surface area contributed by atoms with Gasteiger partial charge in [-0.3, -0.25) is 4.99 Å². The van der Waals surface area contributed by atoms with Gasteiger partial charge in [0.15, 0.2) is 5.96 Å². The molecular weight excluding hydrogens is 330 g/mol. The molecule has 0 spiro atoms. The van der Waals surface area contributed by atoms with E-state index in [2.05, 4.69) is 32.8 Å². The van der Waals surface area contributed by atoms with Crippen molar-refractivity contribution in [1.29, 1.82) is 0 Å². The topological polar surface area (TPSA) is 78.0 Å². The van der Waals surface area contributed by atoms with Gasteiger partial charge < -0.3 is 25.6 Å². The minimum Gasteiger partial charge on any atom is -0.444 e. The highest BCUT2D eigenvalue weighted by Crippen LogP contribution is 2.19. The summed E-state index contributed by atoms with van der Waals surface area (Å²) in [6.45, 7) is 13.7. The molecule has 1 aliphatic rings. The third-order valence-corrected chi connectivity index (χ3v) is 4.54. The van der Waals surface area contributed by atoms with Gasteiger partial charge in [-0.05, 0) is 72.0 Å². The fourth-order valence-electron chi connectivity index (χ4n) is 3.01. The summed E-state index contributed by atoms with van der Waals surface area (Å²) in [6.07, 6.45) is 4.25. The summed E-state index contributed by atoms with van der Waals surface area (Å²) in [4.78, 5) is 18.3. The zero-order valence-corrected chi connectivity index (χ0v) is 17.4. The number of carbonyl (C=O) groups is 1. The van der Waals surface area contributed by atoms with E-state index in [-0.39, 0.29) is 6.09 Å². The van der Waals surface area contributed by atoms with Crippen LogP contribution in [0.3, 0.4) is 0 Å². The number of piperidine rings is 1. The van der Waals surface area contributed by atoms with Crippen molar-refractivity contribution in [2.24, 2.45) is 10.9 Å². The molecule has 0 aromatic heterocycles. The van der Waals surface area contributed by atoms with Crippen molar-refractivity contribution in [3.05, 3.63) is 0 Å². The standard InChI is InChI=1S/C19H39N5O2/c1-6-24-14-9-16(10-15-24)8-13-22-17(20-5)21-11-7-12-23-18(25)26-19(2,3)4/h16H,6-15H2,1-5H3,(H,23,25)(H2,20,21,22). The summed E-state index contributed by atoms with van der Waals surface area (Å²) in [5.74, 6) is 1.65. The first-order valence-corrected chi connectivity index (χ1v) is 9.97. The highest BCUT2D eigenvalue weighted by molar-refractivity contribution is 5.79. The molecule has 0 aliphatic carbocycles. The molecule has 26 heavy (non-hydrogen) atoms. The number of alkyl carbamates (subject to hydrolysis) is 1. The SMILES string of the molecule is CCN1CCC(CCNC(=NC)NCCCNC(=O)OC(C)(C)C)CC1. The summed E-state index contributed by atoms with van der Waals surface area (Å²) >= 11 is 0. The van der Waals surface area contributed by atoms with E-state index in [1.165, 1.54) is 38.9 Å². The lowest BCUT2D eigenvalue weighted by Gasteiger charge is -2.31. The number of rotatable bonds is 8. The molecule has 0 aromatic rings. The Labute approximate surface area is 159 Å². The number of likely N-dealkylation sites (tertiary alicyclic amines) is 1. The first-order chi connectivity index (χ1) is 12.3. The largest absolute Gasteiger partial charge is 0.444 e. The zero-order chi connectivity index (χ0) is 19.4. The molecule has 1 fully saturated rings. The number of hydrogen-bond donors (Lipinski definition) is 3. The minimum atomic E-state index is -0.457. The summed E-state index contributed by atoms with van der Waals surface area (Å²) in [5, 5.41) is 9.43. The van der Waals surface area contributed by atoms with Crippen LogP contribution in [0.4, 0.5) is 4.79 Å². The van der Waals surface area contributed by atoms with E-state index in [0.29, 0.717) is 6.54 Å². The second-order valence-electron chi connectivity index (χ2n) is 7.87. The second-order valence-corrected chi connectivity index (χ2v) is 7.87. The maximum Gasteiger partial charge on any atom is 0.407 e. The summed E-state index contributed by atoms with van der Waals surface area (Å²) in [7, 11) is 1.79. The summed E-state index contributed by atoms with van der Waals surface area (Å²) in [5.41, 5.74) is -0.457. The fourth-order valence-corrected chi connectivity index (χ4v) is 3.01. The van der Waals surface area contributed by atoms with E-state index in [1.54, 1.807) is 7.05 Å². The first kappa shape index (κ1) is 22.5. The van der Waals surface area contributed by atoms with Crippen LogP contribution in [-0.4, -0.2) is 68.9 Å². The Hall–Kier alpha value is -1.50. The molecular formula is C19H39N5O2. The van der Waals surface area contributed by atoms with Gasteiger partial charge in [-0.25, -0.2) is 4.79 Å². The quantitative estimate of drug-likeness (QED) is 0.347. The van der Waals surface area contributed by atoms with Crippen LogP contribution in [0.5, 0.6) is 0 Å². The van der Waals surface area contributed by atoms with Crippen molar-refractivity contribution in [2.45, 2.75) is 59.0 Å². The van der Waals surface area contributed by atoms with Crippen molar-refractivity contribution < 1.29 is 9.53 Å². The number of carbonyl (C=O) groups excluding carboxylic acids is 1. The number of nitrogens with one attached hydrogen (secondary N) is 3. The molecule has 0 atom stereocenters. The van der Waals surface area contributed by atoms with E-state index in [9.17, 15) is 4.79 Å². The van der Waals surface area contributed by atoms with E-state index in [4.69, 9.17) is 4.74 Å². The molecule has 0 unspecified atom stereocenters.